The quantitative estimate of drug-likeness (QED) is 0.660. The smallest absolute Gasteiger partial charge is 0.335 e. The van der Waals surface area contributed by atoms with Gasteiger partial charge in [0.05, 0.1) is 22.0 Å². The predicted molar refractivity (Wildman–Crippen MR) is 96.9 cm³/mol. The van der Waals surface area contributed by atoms with Crippen LogP contribution in [0.2, 0.25) is 0 Å². The Morgan fingerprint density at radius 1 is 1.24 bits per heavy atom. The molecule has 3 rings (SSSR count). The van der Waals surface area contributed by atoms with Crippen molar-refractivity contribution in [2.24, 2.45) is 0 Å². The number of fused-ring (bicyclic) bond motifs is 1. The first-order valence-electron chi connectivity index (χ1n) is 7.13. The Hall–Kier alpha value is -3.24. The molecule has 1 aromatic heterocycles. The Bertz CT molecular complexity index is 1110. The zero-order chi connectivity index (χ0) is 18.0. The van der Waals surface area contributed by atoms with Crippen molar-refractivity contribution in [3.63, 3.8) is 0 Å². The van der Waals surface area contributed by atoms with Crippen LogP contribution in [0.5, 0.6) is 0 Å². The van der Waals surface area contributed by atoms with Gasteiger partial charge in [-0.1, -0.05) is 28.1 Å². The maximum Gasteiger partial charge on any atom is 0.335 e. The Balaban J connectivity index is 2.08. The lowest BCUT2D eigenvalue weighted by molar-refractivity contribution is 0.0697. The molecule has 0 fully saturated rings. The number of hydrogen-bond acceptors (Lipinski definition) is 4. The number of nitriles is 1. The molecule has 0 aliphatic carbocycles. The zero-order valence-electron chi connectivity index (χ0n) is 12.7. The number of aromatic amines is 1. The van der Waals surface area contributed by atoms with Crippen LogP contribution in [0, 0.1) is 11.3 Å². The number of benzene rings is 2. The molecule has 0 amide bonds. The van der Waals surface area contributed by atoms with Crippen molar-refractivity contribution >= 4 is 44.5 Å². The molecule has 122 valence electrons. The molecule has 25 heavy (non-hydrogen) atoms. The molecule has 2 aromatic carbocycles. The van der Waals surface area contributed by atoms with Gasteiger partial charge in [0, 0.05) is 4.47 Å². The number of nitrogens with one attached hydrogen (secondary N) is 1. The first-order chi connectivity index (χ1) is 12.0. The van der Waals surface area contributed by atoms with E-state index in [1.807, 2.05) is 6.07 Å². The molecule has 7 heteroatoms. The Morgan fingerprint density at radius 2 is 1.96 bits per heavy atom. The average molecular weight is 396 g/mol. The summed E-state index contributed by atoms with van der Waals surface area (Å²) < 4.78 is 0.759. The molecule has 0 aliphatic rings. The van der Waals surface area contributed by atoms with E-state index in [2.05, 4.69) is 25.9 Å². The summed E-state index contributed by atoms with van der Waals surface area (Å²) in [7, 11) is 0. The molecule has 0 spiro atoms. The third kappa shape index (κ3) is 3.49. The number of carboxylic acids is 1. The van der Waals surface area contributed by atoms with Gasteiger partial charge in [-0.05, 0) is 42.0 Å². The molecular formula is C18H10BrN3O3. The van der Waals surface area contributed by atoms with Crippen LogP contribution in [0.15, 0.2) is 51.7 Å². The monoisotopic (exact) mass is 395 g/mol. The van der Waals surface area contributed by atoms with Gasteiger partial charge in [-0.2, -0.15) is 5.26 Å². The summed E-state index contributed by atoms with van der Waals surface area (Å²) in [5.41, 5.74) is 1.08. The summed E-state index contributed by atoms with van der Waals surface area (Å²) in [5.74, 6) is -0.868. The third-order valence-corrected chi connectivity index (χ3v) is 4.00. The lowest BCUT2D eigenvalue weighted by Crippen LogP contribution is -2.11. The SMILES string of the molecule is N#C/C(=C\c1ccc(C(=O)O)cc1)c1nc2ccc(Br)cc2c(=O)[nH]1. The zero-order valence-corrected chi connectivity index (χ0v) is 14.2. The molecule has 0 bridgehead atoms. The number of carboxylic acid groups (broad SMARTS) is 1. The van der Waals surface area contributed by atoms with Crippen LogP contribution >= 0.6 is 15.9 Å². The number of halogens is 1. The van der Waals surface area contributed by atoms with E-state index in [-0.39, 0.29) is 22.5 Å². The normalized spacial score (nSPS) is 11.3. The van der Waals surface area contributed by atoms with Crippen molar-refractivity contribution in [3.05, 3.63) is 74.2 Å². The molecule has 0 unspecified atom stereocenters. The Labute approximate surface area is 150 Å². The fraction of sp³-hybridized carbons (Fsp3) is 0. The number of hydrogen-bond donors (Lipinski definition) is 2. The molecule has 0 radical (unpaired) electrons. The highest BCUT2D eigenvalue weighted by molar-refractivity contribution is 9.10. The van der Waals surface area contributed by atoms with Gasteiger partial charge in [0.25, 0.3) is 5.56 Å². The fourth-order valence-corrected chi connectivity index (χ4v) is 2.64. The van der Waals surface area contributed by atoms with E-state index in [4.69, 9.17) is 5.11 Å². The highest BCUT2D eigenvalue weighted by atomic mass is 79.9. The summed E-state index contributed by atoms with van der Waals surface area (Å²) in [6.45, 7) is 0. The van der Waals surface area contributed by atoms with Crippen LogP contribution in [0.3, 0.4) is 0 Å². The first-order valence-corrected chi connectivity index (χ1v) is 7.92. The van der Waals surface area contributed by atoms with Gasteiger partial charge < -0.3 is 10.1 Å². The second-order valence-corrected chi connectivity index (χ2v) is 6.09. The topological polar surface area (TPSA) is 107 Å². The largest absolute Gasteiger partial charge is 0.478 e. The Morgan fingerprint density at radius 3 is 2.60 bits per heavy atom. The number of aromatic nitrogens is 2. The van der Waals surface area contributed by atoms with Gasteiger partial charge in [-0.25, -0.2) is 9.78 Å². The second-order valence-electron chi connectivity index (χ2n) is 5.17. The average Bonchev–Trinajstić information content (AvgIpc) is 2.60. The highest BCUT2D eigenvalue weighted by Gasteiger charge is 2.09. The molecule has 6 nitrogen and oxygen atoms in total. The minimum absolute atomic E-state index is 0.151. The van der Waals surface area contributed by atoms with E-state index in [1.165, 1.54) is 18.2 Å². The van der Waals surface area contributed by atoms with Crippen molar-refractivity contribution in [2.45, 2.75) is 0 Å². The summed E-state index contributed by atoms with van der Waals surface area (Å²) >= 11 is 3.30. The summed E-state index contributed by atoms with van der Waals surface area (Å²) in [5, 5.41) is 18.7. The number of carbonyl (C=O) groups is 1. The maximum absolute atomic E-state index is 12.2. The van der Waals surface area contributed by atoms with Crippen LogP contribution < -0.4 is 5.56 Å². The van der Waals surface area contributed by atoms with Crippen molar-refractivity contribution in [2.75, 3.05) is 0 Å². The molecule has 3 aromatic rings. The van der Waals surface area contributed by atoms with E-state index in [1.54, 1.807) is 30.3 Å². The molecular weight excluding hydrogens is 386 g/mol. The number of allylic oxidation sites excluding steroid dienone is 1. The molecule has 0 aliphatic heterocycles. The van der Waals surface area contributed by atoms with Gasteiger partial charge >= 0.3 is 5.97 Å². The number of aromatic carboxylic acids is 1. The van der Waals surface area contributed by atoms with Crippen LogP contribution in [0.1, 0.15) is 21.7 Å². The van der Waals surface area contributed by atoms with Crippen molar-refractivity contribution in [1.82, 2.24) is 9.97 Å². The van der Waals surface area contributed by atoms with E-state index in [0.29, 0.717) is 16.5 Å². The summed E-state index contributed by atoms with van der Waals surface area (Å²) in [6, 6.07) is 13.2. The van der Waals surface area contributed by atoms with E-state index < -0.39 is 5.97 Å². The standard InChI is InChI=1S/C18H10BrN3O3/c19-13-5-6-15-14(8-13)17(23)22-16(21-15)12(9-20)7-10-1-3-11(4-2-10)18(24)25/h1-8H,(H,24,25)(H,21,22,23)/b12-7+. The van der Waals surface area contributed by atoms with Gasteiger partial charge in [0.1, 0.15) is 6.07 Å². The molecule has 1 heterocycles. The minimum atomic E-state index is -1.03. The van der Waals surface area contributed by atoms with Crippen molar-refractivity contribution in [3.8, 4) is 6.07 Å². The van der Waals surface area contributed by atoms with Crippen LogP contribution in [-0.2, 0) is 0 Å². The van der Waals surface area contributed by atoms with Gasteiger partial charge in [-0.3, -0.25) is 4.79 Å². The van der Waals surface area contributed by atoms with Crippen LogP contribution in [-0.4, -0.2) is 21.0 Å². The van der Waals surface area contributed by atoms with E-state index in [9.17, 15) is 14.9 Å². The van der Waals surface area contributed by atoms with E-state index >= 15 is 0 Å². The number of rotatable bonds is 3. The van der Waals surface area contributed by atoms with Gasteiger partial charge in [0.2, 0.25) is 0 Å². The summed E-state index contributed by atoms with van der Waals surface area (Å²) in [6.07, 6.45) is 1.54. The second kappa shape index (κ2) is 6.71. The minimum Gasteiger partial charge on any atom is -0.478 e. The lowest BCUT2D eigenvalue weighted by atomic mass is 10.1. The number of H-pyrrole nitrogens is 1. The lowest BCUT2D eigenvalue weighted by Gasteiger charge is -2.03. The molecule has 0 atom stereocenters. The van der Waals surface area contributed by atoms with Crippen molar-refractivity contribution < 1.29 is 9.90 Å². The van der Waals surface area contributed by atoms with Gasteiger partial charge in [0.15, 0.2) is 5.82 Å². The first kappa shape index (κ1) is 16.6. The van der Waals surface area contributed by atoms with Crippen molar-refractivity contribution in [1.29, 1.82) is 5.26 Å². The van der Waals surface area contributed by atoms with Gasteiger partial charge in [-0.15, -0.1) is 0 Å². The third-order valence-electron chi connectivity index (χ3n) is 3.51. The molecule has 0 saturated heterocycles. The summed E-state index contributed by atoms with van der Waals surface area (Å²) in [4.78, 5) is 30.0. The highest BCUT2D eigenvalue weighted by Crippen LogP contribution is 2.19. The molecule has 2 N–H and O–H groups in total. The van der Waals surface area contributed by atoms with Crippen LogP contribution in [0.25, 0.3) is 22.6 Å². The van der Waals surface area contributed by atoms with E-state index in [0.717, 1.165) is 4.47 Å². The maximum atomic E-state index is 12.2. The number of nitrogens with zero attached hydrogens (tertiary/aromatic N) is 2. The molecule has 0 saturated carbocycles. The fourth-order valence-electron chi connectivity index (χ4n) is 2.28. The van der Waals surface area contributed by atoms with Crippen LogP contribution in [0.4, 0.5) is 0 Å². The predicted octanol–water partition coefficient (Wildman–Crippen LogP) is 3.45. The Kier molecular flexibility index (Phi) is 4.46.